The largest absolute Gasteiger partial charge is 0.385 e. The van der Waals surface area contributed by atoms with Gasteiger partial charge in [0.2, 0.25) is 5.91 Å². The predicted molar refractivity (Wildman–Crippen MR) is 89.0 cm³/mol. The van der Waals surface area contributed by atoms with Gasteiger partial charge in [0.1, 0.15) is 11.9 Å². The molecule has 0 saturated carbocycles. The standard InChI is InChI=1S/C16H22N4O2S/c1-19-7-4-18-16(19)14(21)11-2-5-20(6-3-11)9-13-8-12(10-23-13)15(17)22/h4,7-8,10-11,14,21H,2-3,5-6,9H2,1H3,(H2,17,22). The molecule has 2 aromatic heterocycles. The van der Waals surface area contributed by atoms with E-state index in [9.17, 15) is 9.90 Å². The van der Waals surface area contributed by atoms with E-state index in [4.69, 9.17) is 5.73 Å². The summed E-state index contributed by atoms with van der Waals surface area (Å²) in [5.74, 6) is 0.620. The molecule has 2 aromatic rings. The molecule has 124 valence electrons. The third-order valence-electron chi connectivity index (χ3n) is 4.52. The number of aromatic nitrogens is 2. The Morgan fingerprint density at radius 2 is 2.26 bits per heavy atom. The normalized spacial score (nSPS) is 18.2. The Balaban J connectivity index is 1.54. The molecule has 1 aliphatic heterocycles. The molecule has 0 spiro atoms. The number of carbonyl (C=O) groups is 1. The van der Waals surface area contributed by atoms with Crippen LogP contribution in [0.25, 0.3) is 0 Å². The second kappa shape index (κ2) is 6.82. The average molecular weight is 334 g/mol. The van der Waals surface area contributed by atoms with E-state index in [0.717, 1.165) is 43.2 Å². The molecule has 1 amide bonds. The van der Waals surface area contributed by atoms with E-state index in [-0.39, 0.29) is 11.8 Å². The van der Waals surface area contributed by atoms with Crippen molar-refractivity contribution >= 4 is 17.2 Å². The quantitative estimate of drug-likeness (QED) is 0.868. The smallest absolute Gasteiger partial charge is 0.249 e. The van der Waals surface area contributed by atoms with Crippen LogP contribution in [0.4, 0.5) is 0 Å². The SMILES string of the molecule is Cn1ccnc1C(O)C1CCN(Cc2cc(C(N)=O)cs2)CC1. The van der Waals surface area contributed by atoms with Crippen LogP contribution in [0.1, 0.15) is 40.0 Å². The van der Waals surface area contributed by atoms with Crippen LogP contribution < -0.4 is 5.73 Å². The van der Waals surface area contributed by atoms with Gasteiger partial charge in [-0.25, -0.2) is 4.98 Å². The van der Waals surface area contributed by atoms with Gasteiger partial charge in [0.25, 0.3) is 0 Å². The van der Waals surface area contributed by atoms with Crippen molar-refractivity contribution in [3.8, 4) is 0 Å². The number of thiophene rings is 1. The molecular formula is C16H22N4O2S. The maximum atomic E-state index is 11.1. The van der Waals surface area contributed by atoms with Crippen molar-refractivity contribution in [3.63, 3.8) is 0 Å². The third kappa shape index (κ3) is 3.63. The summed E-state index contributed by atoms with van der Waals surface area (Å²) in [6.07, 6.45) is 4.98. The number of nitrogens with zero attached hydrogens (tertiary/aromatic N) is 3. The molecule has 0 bridgehead atoms. The van der Waals surface area contributed by atoms with E-state index in [1.54, 1.807) is 17.5 Å². The molecule has 3 N–H and O–H groups in total. The number of aliphatic hydroxyl groups is 1. The maximum absolute atomic E-state index is 11.1. The van der Waals surface area contributed by atoms with Crippen molar-refractivity contribution in [1.29, 1.82) is 0 Å². The number of aryl methyl sites for hydroxylation is 1. The van der Waals surface area contributed by atoms with Crippen molar-refractivity contribution in [2.45, 2.75) is 25.5 Å². The van der Waals surface area contributed by atoms with Crippen LogP contribution in [-0.4, -0.2) is 38.6 Å². The summed E-state index contributed by atoms with van der Waals surface area (Å²) < 4.78 is 1.88. The van der Waals surface area contributed by atoms with Crippen LogP contribution in [0.3, 0.4) is 0 Å². The number of rotatable bonds is 5. The molecule has 7 heteroatoms. The van der Waals surface area contributed by atoms with Gasteiger partial charge >= 0.3 is 0 Å². The summed E-state index contributed by atoms with van der Waals surface area (Å²) in [4.78, 5) is 18.9. The van der Waals surface area contributed by atoms with E-state index < -0.39 is 6.10 Å². The van der Waals surface area contributed by atoms with Gasteiger partial charge < -0.3 is 15.4 Å². The average Bonchev–Trinajstić information content (AvgIpc) is 3.16. The Morgan fingerprint density at radius 1 is 1.52 bits per heavy atom. The Bertz CT molecular complexity index is 673. The fourth-order valence-electron chi connectivity index (χ4n) is 3.11. The number of carbonyl (C=O) groups excluding carboxylic acids is 1. The summed E-state index contributed by atoms with van der Waals surface area (Å²) in [5, 5.41) is 12.3. The van der Waals surface area contributed by atoms with E-state index in [2.05, 4.69) is 9.88 Å². The molecule has 0 radical (unpaired) electrons. The molecule has 3 heterocycles. The minimum Gasteiger partial charge on any atom is -0.385 e. The summed E-state index contributed by atoms with van der Waals surface area (Å²) >= 11 is 1.57. The Hall–Kier alpha value is -1.70. The van der Waals surface area contributed by atoms with Gasteiger partial charge in [-0.3, -0.25) is 9.69 Å². The van der Waals surface area contributed by atoms with Crippen LogP contribution >= 0.6 is 11.3 Å². The zero-order chi connectivity index (χ0) is 16.4. The molecule has 23 heavy (non-hydrogen) atoms. The molecule has 1 fully saturated rings. The number of likely N-dealkylation sites (tertiary alicyclic amines) is 1. The van der Waals surface area contributed by atoms with E-state index in [1.165, 1.54) is 0 Å². The highest BCUT2D eigenvalue weighted by molar-refractivity contribution is 7.10. The van der Waals surface area contributed by atoms with Crippen LogP contribution in [0.5, 0.6) is 0 Å². The van der Waals surface area contributed by atoms with Crippen LogP contribution in [0.15, 0.2) is 23.8 Å². The summed E-state index contributed by atoms with van der Waals surface area (Å²) in [7, 11) is 1.91. The number of piperidine rings is 1. The van der Waals surface area contributed by atoms with E-state index in [0.29, 0.717) is 5.56 Å². The first-order valence-electron chi connectivity index (χ1n) is 7.79. The molecule has 6 nitrogen and oxygen atoms in total. The lowest BCUT2D eigenvalue weighted by atomic mass is 9.90. The van der Waals surface area contributed by atoms with Crippen molar-refractivity contribution < 1.29 is 9.90 Å². The summed E-state index contributed by atoms with van der Waals surface area (Å²) in [5.41, 5.74) is 5.88. The zero-order valence-corrected chi connectivity index (χ0v) is 14.0. The number of aliphatic hydroxyl groups excluding tert-OH is 1. The number of amides is 1. The lowest BCUT2D eigenvalue weighted by molar-refractivity contribution is 0.0494. The Labute approximate surface area is 139 Å². The predicted octanol–water partition coefficient (Wildman–Crippen LogP) is 1.53. The lowest BCUT2D eigenvalue weighted by Gasteiger charge is -2.33. The zero-order valence-electron chi connectivity index (χ0n) is 13.2. The van der Waals surface area contributed by atoms with Crippen molar-refractivity contribution in [3.05, 3.63) is 40.1 Å². The number of hydrogen-bond acceptors (Lipinski definition) is 5. The van der Waals surface area contributed by atoms with Gasteiger partial charge in [-0.05, 0) is 37.9 Å². The fourth-order valence-corrected chi connectivity index (χ4v) is 4.03. The second-order valence-electron chi connectivity index (χ2n) is 6.12. The third-order valence-corrected chi connectivity index (χ3v) is 5.44. The summed E-state index contributed by atoms with van der Waals surface area (Å²) in [6, 6.07) is 1.88. The monoisotopic (exact) mass is 334 g/mol. The fraction of sp³-hybridized carbons (Fsp3) is 0.500. The molecule has 1 unspecified atom stereocenters. The first-order chi connectivity index (χ1) is 11.0. The highest BCUT2D eigenvalue weighted by atomic mass is 32.1. The van der Waals surface area contributed by atoms with Gasteiger partial charge in [0.15, 0.2) is 0 Å². The molecule has 1 aliphatic rings. The minimum atomic E-state index is -0.500. The van der Waals surface area contributed by atoms with Crippen LogP contribution in [-0.2, 0) is 13.6 Å². The van der Waals surface area contributed by atoms with Crippen molar-refractivity contribution in [2.24, 2.45) is 18.7 Å². The van der Waals surface area contributed by atoms with Gasteiger partial charge in [0.05, 0.1) is 5.56 Å². The Kier molecular flexibility index (Phi) is 4.79. The highest BCUT2D eigenvalue weighted by Gasteiger charge is 2.28. The highest BCUT2D eigenvalue weighted by Crippen LogP contribution is 2.30. The molecule has 1 atom stereocenters. The van der Waals surface area contributed by atoms with Gasteiger partial charge in [-0.15, -0.1) is 11.3 Å². The first-order valence-corrected chi connectivity index (χ1v) is 8.67. The van der Waals surface area contributed by atoms with E-state index >= 15 is 0 Å². The van der Waals surface area contributed by atoms with E-state index in [1.807, 2.05) is 29.3 Å². The number of nitrogens with two attached hydrogens (primary N) is 1. The number of hydrogen-bond donors (Lipinski definition) is 2. The van der Waals surface area contributed by atoms with Gasteiger partial charge in [-0.1, -0.05) is 0 Å². The Morgan fingerprint density at radius 3 is 2.83 bits per heavy atom. The van der Waals surface area contributed by atoms with Crippen molar-refractivity contribution in [2.75, 3.05) is 13.1 Å². The summed E-state index contributed by atoms with van der Waals surface area (Å²) in [6.45, 7) is 2.72. The van der Waals surface area contributed by atoms with Gasteiger partial charge in [-0.2, -0.15) is 0 Å². The molecule has 0 aromatic carbocycles. The second-order valence-corrected chi connectivity index (χ2v) is 7.12. The number of primary amides is 1. The lowest BCUT2D eigenvalue weighted by Crippen LogP contribution is -2.35. The molecule has 1 saturated heterocycles. The topological polar surface area (TPSA) is 84.4 Å². The van der Waals surface area contributed by atoms with Crippen molar-refractivity contribution in [1.82, 2.24) is 14.5 Å². The van der Waals surface area contributed by atoms with Crippen LogP contribution in [0, 0.1) is 5.92 Å². The molecular weight excluding hydrogens is 312 g/mol. The minimum absolute atomic E-state index is 0.247. The first kappa shape index (κ1) is 16.2. The maximum Gasteiger partial charge on any atom is 0.249 e. The molecule has 0 aliphatic carbocycles. The van der Waals surface area contributed by atoms with Crippen LogP contribution in [0.2, 0.25) is 0 Å². The number of imidazole rings is 1. The molecule has 3 rings (SSSR count). The van der Waals surface area contributed by atoms with Gasteiger partial charge in [0, 0.05) is 36.2 Å².